The number of nitrogens with zero attached hydrogens (tertiary/aromatic N) is 3. The van der Waals surface area contributed by atoms with Crippen molar-refractivity contribution in [1.82, 2.24) is 14.5 Å². The van der Waals surface area contributed by atoms with Gasteiger partial charge in [0.15, 0.2) is 0 Å². The third-order valence-electron chi connectivity index (χ3n) is 3.82. The summed E-state index contributed by atoms with van der Waals surface area (Å²) in [5.74, 6) is -0.340. The van der Waals surface area contributed by atoms with Gasteiger partial charge in [0.1, 0.15) is 0 Å². The topological polar surface area (TPSA) is 92.3 Å². The Bertz CT molecular complexity index is 825. The number of hydrogen-bond donors (Lipinski definition) is 1. The van der Waals surface area contributed by atoms with Gasteiger partial charge in [-0.3, -0.25) is 10.1 Å². The van der Waals surface area contributed by atoms with Crippen LogP contribution in [0.2, 0.25) is 0 Å². The Labute approximate surface area is 144 Å². The van der Waals surface area contributed by atoms with Gasteiger partial charge in [0, 0.05) is 18.7 Å². The van der Waals surface area contributed by atoms with Crippen molar-refractivity contribution < 1.29 is 13.2 Å². The molecule has 2 heterocycles. The molecule has 1 saturated heterocycles. The molecule has 128 valence electrons. The van der Waals surface area contributed by atoms with Crippen LogP contribution in [0.4, 0.5) is 5.13 Å². The summed E-state index contributed by atoms with van der Waals surface area (Å²) in [5, 5.41) is 10.3. The number of benzene rings is 1. The molecule has 0 unspecified atom stereocenters. The molecule has 1 fully saturated rings. The predicted molar refractivity (Wildman–Crippen MR) is 91.7 cm³/mol. The minimum absolute atomic E-state index is 0.0800. The zero-order valence-electron chi connectivity index (χ0n) is 13.2. The summed E-state index contributed by atoms with van der Waals surface area (Å²) >= 11 is 0.876. The lowest BCUT2D eigenvalue weighted by Crippen LogP contribution is -2.35. The predicted octanol–water partition coefficient (Wildman–Crippen LogP) is 2.27. The lowest BCUT2D eigenvalue weighted by Gasteiger charge is -2.24. The number of nitrogens with one attached hydrogen (secondary N) is 1. The van der Waals surface area contributed by atoms with Crippen LogP contribution in [0.3, 0.4) is 0 Å². The third kappa shape index (κ3) is 3.63. The van der Waals surface area contributed by atoms with Crippen molar-refractivity contribution in [2.45, 2.75) is 30.5 Å². The summed E-state index contributed by atoms with van der Waals surface area (Å²) in [7, 11) is -3.62. The molecule has 2 aromatic rings. The molecule has 0 aliphatic carbocycles. The first-order valence-electron chi connectivity index (χ1n) is 7.68. The van der Waals surface area contributed by atoms with Crippen LogP contribution in [0, 0.1) is 6.92 Å². The zero-order valence-corrected chi connectivity index (χ0v) is 14.9. The second-order valence-electron chi connectivity index (χ2n) is 5.66. The smallest absolute Gasteiger partial charge is 0.272 e. The second kappa shape index (κ2) is 6.96. The highest BCUT2D eigenvalue weighted by Crippen LogP contribution is 2.25. The Kier molecular flexibility index (Phi) is 4.93. The highest BCUT2D eigenvalue weighted by Gasteiger charge is 2.29. The van der Waals surface area contributed by atoms with Crippen molar-refractivity contribution in [3.05, 3.63) is 35.4 Å². The van der Waals surface area contributed by atoms with E-state index in [0.29, 0.717) is 18.7 Å². The van der Waals surface area contributed by atoms with E-state index in [9.17, 15) is 13.2 Å². The molecule has 1 aromatic carbocycles. The summed E-state index contributed by atoms with van der Waals surface area (Å²) in [6, 6.07) is 7.08. The minimum Gasteiger partial charge on any atom is -0.296 e. The Morgan fingerprint density at radius 1 is 1.12 bits per heavy atom. The quantitative estimate of drug-likeness (QED) is 0.838. The SMILES string of the molecule is Cc1ccc(C(=O)Nc2nnc(S(=O)(=O)N3CCCCC3)s2)cc1. The first-order chi connectivity index (χ1) is 11.5. The molecule has 0 radical (unpaired) electrons. The third-order valence-corrected chi connectivity index (χ3v) is 6.90. The van der Waals surface area contributed by atoms with E-state index in [4.69, 9.17) is 0 Å². The molecule has 9 heteroatoms. The Morgan fingerprint density at radius 2 is 1.79 bits per heavy atom. The van der Waals surface area contributed by atoms with Crippen LogP contribution in [-0.4, -0.2) is 41.9 Å². The molecule has 7 nitrogen and oxygen atoms in total. The van der Waals surface area contributed by atoms with Crippen LogP contribution < -0.4 is 5.32 Å². The molecule has 0 saturated carbocycles. The Balaban J connectivity index is 1.73. The summed E-state index contributed by atoms with van der Waals surface area (Å²) < 4.78 is 26.4. The number of hydrogen-bond acceptors (Lipinski definition) is 6. The summed E-state index contributed by atoms with van der Waals surface area (Å²) in [4.78, 5) is 12.2. The van der Waals surface area contributed by atoms with Gasteiger partial charge in [-0.1, -0.05) is 35.5 Å². The number of aryl methyl sites for hydroxylation is 1. The molecule has 3 rings (SSSR count). The molecule has 1 aliphatic heterocycles. The van der Waals surface area contributed by atoms with Crippen LogP contribution in [-0.2, 0) is 10.0 Å². The fraction of sp³-hybridized carbons (Fsp3) is 0.400. The largest absolute Gasteiger partial charge is 0.296 e. The highest BCUT2D eigenvalue weighted by molar-refractivity contribution is 7.91. The van der Waals surface area contributed by atoms with Gasteiger partial charge in [0.25, 0.3) is 15.9 Å². The lowest BCUT2D eigenvalue weighted by molar-refractivity contribution is 0.102. The fourth-order valence-corrected chi connectivity index (χ4v) is 5.00. The van der Waals surface area contributed by atoms with Crippen molar-refractivity contribution in [1.29, 1.82) is 0 Å². The van der Waals surface area contributed by atoms with Gasteiger partial charge < -0.3 is 0 Å². The van der Waals surface area contributed by atoms with E-state index >= 15 is 0 Å². The summed E-state index contributed by atoms with van der Waals surface area (Å²) in [6.07, 6.45) is 2.75. The molecule has 1 N–H and O–H groups in total. The average Bonchev–Trinajstić information content (AvgIpc) is 3.05. The van der Waals surface area contributed by atoms with Crippen LogP contribution in [0.1, 0.15) is 35.2 Å². The van der Waals surface area contributed by atoms with Gasteiger partial charge >= 0.3 is 0 Å². The van der Waals surface area contributed by atoms with E-state index in [1.54, 1.807) is 12.1 Å². The number of carbonyl (C=O) groups is 1. The number of piperidine rings is 1. The van der Waals surface area contributed by atoms with Gasteiger partial charge in [-0.2, -0.15) is 4.31 Å². The number of aromatic nitrogens is 2. The summed E-state index contributed by atoms with van der Waals surface area (Å²) in [6.45, 7) is 2.95. The number of carbonyl (C=O) groups excluding carboxylic acids is 1. The molecular weight excluding hydrogens is 348 g/mol. The zero-order chi connectivity index (χ0) is 17.2. The van der Waals surface area contributed by atoms with Crippen molar-refractivity contribution in [3.8, 4) is 0 Å². The van der Waals surface area contributed by atoms with E-state index in [-0.39, 0.29) is 15.4 Å². The van der Waals surface area contributed by atoms with Gasteiger partial charge in [-0.25, -0.2) is 8.42 Å². The van der Waals surface area contributed by atoms with E-state index < -0.39 is 10.0 Å². The van der Waals surface area contributed by atoms with E-state index in [0.717, 1.165) is 36.2 Å². The van der Waals surface area contributed by atoms with Gasteiger partial charge in [-0.15, -0.1) is 10.2 Å². The highest BCUT2D eigenvalue weighted by atomic mass is 32.2. The molecule has 0 bridgehead atoms. The maximum atomic E-state index is 12.5. The number of amides is 1. The molecule has 24 heavy (non-hydrogen) atoms. The van der Waals surface area contributed by atoms with Crippen molar-refractivity contribution in [2.24, 2.45) is 0 Å². The van der Waals surface area contributed by atoms with E-state index in [2.05, 4.69) is 15.5 Å². The Hall–Kier alpha value is -1.84. The molecule has 1 aromatic heterocycles. The van der Waals surface area contributed by atoms with Gasteiger partial charge in [-0.05, 0) is 31.9 Å². The normalized spacial score (nSPS) is 16.0. The number of anilines is 1. The minimum atomic E-state index is -3.62. The molecule has 0 atom stereocenters. The number of rotatable bonds is 4. The number of sulfonamides is 1. The maximum absolute atomic E-state index is 12.5. The van der Waals surface area contributed by atoms with Crippen molar-refractivity contribution in [2.75, 3.05) is 18.4 Å². The Morgan fingerprint density at radius 3 is 2.46 bits per heavy atom. The monoisotopic (exact) mass is 366 g/mol. The van der Waals surface area contributed by atoms with E-state index in [1.165, 1.54) is 4.31 Å². The van der Waals surface area contributed by atoms with Crippen LogP contribution in [0.15, 0.2) is 28.6 Å². The first kappa shape index (κ1) is 17.0. The molecular formula is C15H18N4O3S2. The maximum Gasteiger partial charge on any atom is 0.272 e. The second-order valence-corrected chi connectivity index (χ2v) is 8.75. The molecule has 1 aliphatic rings. The van der Waals surface area contributed by atoms with Gasteiger partial charge in [0.2, 0.25) is 9.47 Å². The average molecular weight is 366 g/mol. The fourth-order valence-electron chi connectivity index (χ4n) is 2.45. The van der Waals surface area contributed by atoms with Crippen LogP contribution in [0.5, 0.6) is 0 Å². The molecule has 1 amide bonds. The standard InChI is InChI=1S/C15H18N4O3S2/c1-11-5-7-12(8-6-11)13(20)16-14-17-18-15(23-14)24(21,22)19-9-3-2-4-10-19/h5-8H,2-4,9-10H2,1H3,(H,16,17,20). The lowest BCUT2D eigenvalue weighted by atomic mass is 10.1. The van der Waals surface area contributed by atoms with Crippen LogP contribution in [0.25, 0.3) is 0 Å². The first-order valence-corrected chi connectivity index (χ1v) is 9.94. The van der Waals surface area contributed by atoms with Crippen LogP contribution >= 0.6 is 11.3 Å². The van der Waals surface area contributed by atoms with Crippen molar-refractivity contribution >= 4 is 32.4 Å². The van der Waals surface area contributed by atoms with Gasteiger partial charge in [0.05, 0.1) is 0 Å². The van der Waals surface area contributed by atoms with E-state index in [1.807, 2.05) is 19.1 Å². The molecule has 0 spiro atoms. The summed E-state index contributed by atoms with van der Waals surface area (Å²) in [5.41, 5.74) is 1.54. The van der Waals surface area contributed by atoms with Crippen molar-refractivity contribution in [3.63, 3.8) is 0 Å².